The molecule has 2 heterocycles. The summed E-state index contributed by atoms with van der Waals surface area (Å²) in [7, 11) is 0. The van der Waals surface area contributed by atoms with E-state index in [4.69, 9.17) is 16.6 Å². The Morgan fingerprint density at radius 3 is 2.50 bits per heavy atom. The minimum Gasteiger partial charge on any atom is -0.322 e. The van der Waals surface area contributed by atoms with Crippen molar-refractivity contribution in [1.82, 2.24) is 14.5 Å². The number of carbonyl (C=O) groups is 1. The topological polar surface area (TPSA) is 38.1 Å². The molecular weight excluding hydrogens is 346 g/mol. The number of aldehydes is 1. The number of aromatic nitrogens is 2. The van der Waals surface area contributed by atoms with Crippen LogP contribution >= 0.6 is 11.6 Å². The van der Waals surface area contributed by atoms with Gasteiger partial charge < -0.3 is 9.36 Å². The molecule has 1 aliphatic heterocycles. The van der Waals surface area contributed by atoms with Crippen LogP contribution in [0.2, 0.25) is 5.02 Å². The van der Waals surface area contributed by atoms with Crippen molar-refractivity contribution in [3.05, 3.63) is 64.9 Å². The minimum absolute atomic E-state index is 0.221. The van der Waals surface area contributed by atoms with E-state index in [-0.39, 0.29) is 5.92 Å². The summed E-state index contributed by atoms with van der Waals surface area (Å²) < 4.78 is 2.30. The zero-order valence-electron chi connectivity index (χ0n) is 14.6. The van der Waals surface area contributed by atoms with Crippen LogP contribution in [0.3, 0.4) is 0 Å². The van der Waals surface area contributed by atoms with Crippen LogP contribution in [0.1, 0.15) is 24.2 Å². The van der Waals surface area contributed by atoms with Gasteiger partial charge in [0.25, 0.3) is 0 Å². The molecule has 0 unspecified atom stereocenters. The Morgan fingerprint density at radius 1 is 1.04 bits per heavy atom. The maximum absolute atomic E-state index is 11.0. The normalized spacial score (nSPS) is 16.2. The van der Waals surface area contributed by atoms with E-state index in [1.54, 1.807) is 0 Å². The van der Waals surface area contributed by atoms with E-state index in [1.807, 2.05) is 18.2 Å². The van der Waals surface area contributed by atoms with Crippen LogP contribution in [0, 0.1) is 5.92 Å². The van der Waals surface area contributed by atoms with E-state index in [0.717, 1.165) is 67.2 Å². The first-order valence-electron chi connectivity index (χ1n) is 9.09. The van der Waals surface area contributed by atoms with Crippen LogP contribution in [0.15, 0.2) is 48.5 Å². The van der Waals surface area contributed by atoms with E-state index >= 15 is 0 Å². The number of halogens is 1. The summed E-state index contributed by atoms with van der Waals surface area (Å²) >= 11 is 6.02. The second-order valence-electron chi connectivity index (χ2n) is 6.98. The number of hydrogen-bond acceptors (Lipinski definition) is 3. The van der Waals surface area contributed by atoms with E-state index in [0.29, 0.717) is 0 Å². The monoisotopic (exact) mass is 367 g/mol. The molecule has 4 rings (SSSR count). The zero-order valence-corrected chi connectivity index (χ0v) is 15.4. The van der Waals surface area contributed by atoms with Gasteiger partial charge in [0.05, 0.1) is 17.6 Å². The average Bonchev–Trinajstić information content (AvgIpc) is 3.01. The van der Waals surface area contributed by atoms with Crippen molar-refractivity contribution in [2.75, 3.05) is 13.1 Å². The molecule has 1 fully saturated rings. The number of nitrogens with zero attached hydrogens (tertiary/aromatic N) is 3. The number of fused-ring (bicyclic) bond motifs is 1. The lowest BCUT2D eigenvalue weighted by Gasteiger charge is -2.29. The quantitative estimate of drug-likeness (QED) is 0.636. The fourth-order valence-corrected chi connectivity index (χ4v) is 3.77. The second-order valence-corrected chi connectivity index (χ2v) is 7.42. The molecule has 134 valence electrons. The lowest BCUT2D eigenvalue weighted by molar-refractivity contribution is -0.112. The molecule has 0 spiro atoms. The van der Waals surface area contributed by atoms with Gasteiger partial charge in [-0.05, 0) is 55.8 Å². The number of benzene rings is 2. The number of carbonyl (C=O) groups excluding carboxylic acids is 1. The first-order valence-corrected chi connectivity index (χ1v) is 9.47. The Morgan fingerprint density at radius 2 is 1.77 bits per heavy atom. The maximum Gasteiger partial charge on any atom is 0.124 e. The number of hydrogen-bond donors (Lipinski definition) is 0. The molecular formula is C21H22ClN3O. The Balaban J connectivity index is 1.61. The molecule has 0 saturated carbocycles. The summed E-state index contributed by atoms with van der Waals surface area (Å²) in [6.45, 7) is 3.49. The molecule has 0 amide bonds. The van der Waals surface area contributed by atoms with Gasteiger partial charge in [-0.25, -0.2) is 4.98 Å². The van der Waals surface area contributed by atoms with Gasteiger partial charge in [0.1, 0.15) is 12.1 Å². The molecule has 0 atom stereocenters. The Bertz CT molecular complexity index is 895. The molecule has 3 aromatic rings. The van der Waals surface area contributed by atoms with Crippen molar-refractivity contribution in [3.8, 4) is 0 Å². The van der Waals surface area contributed by atoms with Crippen LogP contribution in [0.25, 0.3) is 11.0 Å². The van der Waals surface area contributed by atoms with Gasteiger partial charge >= 0.3 is 0 Å². The second kappa shape index (κ2) is 7.60. The van der Waals surface area contributed by atoms with E-state index in [9.17, 15) is 4.79 Å². The van der Waals surface area contributed by atoms with Crippen molar-refractivity contribution >= 4 is 28.9 Å². The molecule has 26 heavy (non-hydrogen) atoms. The van der Waals surface area contributed by atoms with Gasteiger partial charge in [-0.1, -0.05) is 35.9 Å². The Hall–Kier alpha value is -2.17. The van der Waals surface area contributed by atoms with Crippen molar-refractivity contribution in [3.63, 3.8) is 0 Å². The third kappa shape index (κ3) is 3.67. The molecule has 4 nitrogen and oxygen atoms in total. The maximum atomic E-state index is 11.0. The van der Waals surface area contributed by atoms with Crippen molar-refractivity contribution in [1.29, 1.82) is 0 Å². The van der Waals surface area contributed by atoms with Crippen LogP contribution < -0.4 is 0 Å². The Labute approximate surface area is 158 Å². The van der Waals surface area contributed by atoms with Crippen molar-refractivity contribution < 1.29 is 4.79 Å². The SMILES string of the molecule is O=CC1CCN(Cc2nc3ccccc3n2Cc2ccc(Cl)cc2)CC1. The van der Waals surface area contributed by atoms with Gasteiger partial charge in [-0.15, -0.1) is 0 Å². The lowest BCUT2D eigenvalue weighted by Crippen LogP contribution is -2.34. The highest BCUT2D eigenvalue weighted by molar-refractivity contribution is 6.30. The van der Waals surface area contributed by atoms with Gasteiger partial charge in [-0.2, -0.15) is 0 Å². The van der Waals surface area contributed by atoms with Crippen LogP contribution in [-0.4, -0.2) is 33.8 Å². The number of rotatable bonds is 5. The standard InChI is InChI=1S/C21H22ClN3O/c22-18-7-5-16(6-8-18)13-25-20-4-2-1-3-19(20)23-21(25)14-24-11-9-17(15-26)10-12-24/h1-8,15,17H,9-14H2. The largest absolute Gasteiger partial charge is 0.322 e. The van der Waals surface area contributed by atoms with E-state index in [1.165, 1.54) is 5.56 Å². The smallest absolute Gasteiger partial charge is 0.124 e. The van der Waals surface area contributed by atoms with Crippen LogP contribution in [0.4, 0.5) is 0 Å². The lowest BCUT2D eigenvalue weighted by atomic mass is 9.99. The van der Waals surface area contributed by atoms with Crippen LogP contribution in [-0.2, 0) is 17.9 Å². The first kappa shape index (κ1) is 17.3. The molecule has 2 aromatic carbocycles. The summed E-state index contributed by atoms with van der Waals surface area (Å²) in [5, 5.41) is 0.752. The fraction of sp³-hybridized carbons (Fsp3) is 0.333. The predicted molar refractivity (Wildman–Crippen MR) is 104 cm³/mol. The highest BCUT2D eigenvalue weighted by Gasteiger charge is 2.21. The average molecular weight is 368 g/mol. The molecule has 0 bridgehead atoms. The van der Waals surface area contributed by atoms with Crippen molar-refractivity contribution in [2.24, 2.45) is 5.92 Å². The fourth-order valence-electron chi connectivity index (χ4n) is 3.64. The molecule has 1 aromatic heterocycles. The van der Waals surface area contributed by atoms with Gasteiger partial charge in [-0.3, -0.25) is 4.90 Å². The Kier molecular flexibility index (Phi) is 5.05. The summed E-state index contributed by atoms with van der Waals surface area (Å²) in [6.07, 6.45) is 2.99. The van der Waals surface area contributed by atoms with Crippen molar-refractivity contribution in [2.45, 2.75) is 25.9 Å². The highest BCUT2D eigenvalue weighted by Crippen LogP contribution is 2.22. The summed E-state index contributed by atoms with van der Waals surface area (Å²) in [4.78, 5) is 18.3. The van der Waals surface area contributed by atoms with Crippen LogP contribution in [0.5, 0.6) is 0 Å². The van der Waals surface area contributed by atoms with E-state index < -0.39 is 0 Å². The minimum atomic E-state index is 0.221. The highest BCUT2D eigenvalue weighted by atomic mass is 35.5. The summed E-state index contributed by atoms with van der Waals surface area (Å²) in [5.41, 5.74) is 3.39. The first-order chi connectivity index (χ1) is 12.7. The summed E-state index contributed by atoms with van der Waals surface area (Å²) in [6, 6.07) is 16.3. The number of piperidine rings is 1. The summed E-state index contributed by atoms with van der Waals surface area (Å²) in [5.74, 6) is 1.30. The van der Waals surface area contributed by atoms with Gasteiger partial charge in [0, 0.05) is 17.5 Å². The molecule has 0 radical (unpaired) electrons. The van der Waals surface area contributed by atoms with Gasteiger partial charge in [0.15, 0.2) is 0 Å². The molecule has 5 heteroatoms. The molecule has 0 aliphatic carbocycles. The zero-order chi connectivity index (χ0) is 17.9. The van der Waals surface area contributed by atoms with E-state index in [2.05, 4.69) is 39.8 Å². The molecule has 0 N–H and O–H groups in total. The third-order valence-electron chi connectivity index (χ3n) is 5.18. The van der Waals surface area contributed by atoms with Gasteiger partial charge in [0.2, 0.25) is 0 Å². The molecule has 1 aliphatic rings. The molecule has 1 saturated heterocycles. The number of para-hydroxylation sites is 2. The number of likely N-dealkylation sites (tertiary alicyclic amines) is 1. The predicted octanol–water partition coefficient (Wildman–Crippen LogP) is 4.15. The number of imidazole rings is 1. The third-order valence-corrected chi connectivity index (χ3v) is 5.43.